The van der Waals surface area contributed by atoms with Gasteiger partial charge in [-0.3, -0.25) is 9.59 Å². The quantitative estimate of drug-likeness (QED) is 0.239. The summed E-state index contributed by atoms with van der Waals surface area (Å²) >= 11 is 0. The van der Waals surface area contributed by atoms with Gasteiger partial charge in [0.15, 0.2) is 11.5 Å². The first kappa shape index (κ1) is 28.2. The number of nitrogens with zero attached hydrogens (tertiary/aromatic N) is 1. The van der Waals surface area contributed by atoms with Gasteiger partial charge in [0.25, 0.3) is 0 Å². The topological polar surface area (TPSA) is 76.1 Å². The predicted molar refractivity (Wildman–Crippen MR) is 152 cm³/mol. The van der Waals surface area contributed by atoms with Gasteiger partial charge >= 0.3 is 5.97 Å². The summed E-state index contributed by atoms with van der Waals surface area (Å²) in [4.78, 5) is 26.0. The fourth-order valence-electron chi connectivity index (χ4n) is 5.23. The molecule has 0 spiro atoms. The van der Waals surface area contributed by atoms with E-state index in [4.69, 9.17) is 14.6 Å². The largest absolute Gasteiger partial charge is 0.485 e. The Balaban J connectivity index is 1.51. The van der Waals surface area contributed by atoms with Crippen LogP contribution in [0.4, 0.5) is 0 Å². The van der Waals surface area contributed by atoms with Crippen LogP contribution in [0.3, 0.4) is 0 Å². The van der Waals surface area contributed by atoms with Crippen LogP contribution in [0.2, 0.25) is 0 Å². The van der Waals surface area contributed by atoms with Crippen LogP contribution in [0.5, 0.6) is 11.5 Å². The molecule has 0 aliphatic heterocycles. The highest BCUT2D eigenvalue weighted by molar-refractivity contribution is 5.76. The van der Waals surface area contributed by atoms with Crippen LogP contribution in [0.1, 0.15) is 67.7 Å². The third kappa shape index (κ3) is 8.09. The van der Waals surface area contributed by atoms with Gasteiger partial charge in [-0.05, 0) is 61.3 Å². The van der Waals surface area contributed by atoms with Gasteiger partial charge in [-0.2, -0.15) is 0 Å². The van der Waals surface area contributed by atoms with Gasteiger partial charge in [0.1, 0.15) is 13.2 Å². The van der Waals surface area contributed by atoms with Crippen LogP contribution in [0, 0.1) is 0 Å². The Labute approximate surface area is 231 Å². The summed E-state index contributed by atoms with van der Waals surface area (Å²) in [6.45, 7) is 3.73. The maximum Gasteiger partial charge on any atom is 0.303 e. The van der Waals surface area contributed by atoms with E-state index in [2.05, 4.69) is 37.3 Å². The molecule has 3 aromatic rings. The van der Waals surface area contributed by atoms with Gasteiger partial charge in [0.05, 0.1) is 0 Å². The number of carboxylic acids is 1. The SMILES string of the molecule is CCCN(C(=O)CCCCC(=O)O)[C@H]1CCc2c(ccc(OCc3ccccc3)c2OCc2ccccc2)C1. The monoisotopic (exact) mass is 529 g/mol. The lowest BCUT2D eigenvalue weighted by molar-refractivity contribution is -0.138. The van der Waals surface area contributed by atoms with Gasteiger partial charge in [-0.1, -0.05) is 73.7 Å². The number of carbonyl (C=O) groups is 2. The first-order valence-electron chi connectivity index (χ1n) is 14.0. The second kappa shape index (κ2) is 14.4. The maximum atomic E-state index is 13.1. The molecule has 39 heavy (non-hydrogen) atoms. The fraction of sp³-hybridized carbons (Fsp3) is 0.394. The summed E-state index contributed by atoms with van der Waals surface area (Å²) in [5.41, 5.74) is 4.56. The van der Waals surface area contributed by atoms with Crippen molar-refractivity contribution in [3.8, 4) is 11.5 Å². The molecule has 0 saturated heterocycles. The molecule has 3 aromatic carbocycles. The lowest BCUT2D eigenvalue weighted by Gasteiger charge is -2.36. The Morgan fingerprint density at radius 3 is 2.15 bits per heavy atom. The summed E-state index contributed by atoms with van der Waals surface area (Å²) in [5, 5.41) is 8.89. The van der Waals surface area contributed by atoms with Crippen molar-refractivity contribution in [2.45, 2.75) is 77.5 Å². The Morgan fingerprint density at radius 1 is 0.872 bits per heavy atom. The van der Waals surface area contributed by atoms with E-state index in [1.54, 1.807) is 0 Å². The molecule has 6 nitrogen and oxygen atoms in total. The molecule has 0 unspecified atom stereocenters. The Hall–Kier alpha value is -3.80. The van der Waals surface area contributed by atoms with E-state index in [9.17, 15) is 9.59 Å². The maximum absolute atomic E-state index is 13.1. The lowest BCUT2D eigenvalue weighted by Crippen LogP contribution is -2.43. The van der Waals surface area contributed by atoms with E-state index < -0.39 is 5.97 Å². The fourth-order valence-corrected chi connectivity index (χ4v) is 5.23. The molecule has 0 saturated carbocycles. The third-order valence-electron chi connectivity index (χ3n) is 7.22. The van der Waals surface area contributed by atoms with Crippen molar-refractivity contribution in [3.63, 3.8) is 0 Å². The molecular formula is C33H39NO5. The minimum atomic E-state index is -0.811. The molecule has 0 fully saturated rings. The van der Waals surface area contributed by atoms with Gasteiger partial charge in [-0.15, -0.1) is 0 Å². The summed E-state index contributed by atoms with van der Waals surface area (Å²) < 4.78 is 12.7. The Morgan fingerprint density at radius 2 is 1.51 bits per heavy atom. The number of hydrogen-bond donors (Lipinski definition) is 1. The van der Waals surface area contributed by atoms with Crippen molar-refractivity contribution in [3.05, 3.63) is 95.1 Å². The molecule has 206 valence electrons. The predicted octanol–water partition coefficient (Wildman–Crippen LogP) is 6.59. The number of hydrogen-bond acceptors (Lipinski definition) is 4. The zero-order valence-corrected chi connectivity index (χ0v) is 22.8. The number of benzene rings is 3. The van der Waals surface area contributed by atoms with Crippen molar-refractivity contribution < 1.29 is 24.2 Å². The molecule has 1 aliphatic carbocycles. The highest BCUT2D eigenvalue weighted by Crippen LogP contribution is 2.39. The van der Waals surface area contributed by atoms with Crippen LogP contribution in [-0.4, -0.2) is 34.5 Å². The van der Waals surface area contributed by atoms with Crippen LogP contribution >= 0.6 is 0 Å². The molecule has 1 N–H and O–H groups in total. The summed E-state index contributed by atoms with van der Waals surface area (Å²) in [6, 6.07) is 24.5. The lowest BCUT2D eigenvalue weighted by atomic mass is 9.86. The van der Waals surface area contributed by atoms with Gasteiger partial charge in [-0.25, -0.2) is 0 Å². The van der Waals surface area contributed by atoms with Gasteiger partial charge in [0.2, 0.25) is 5.91 Å². The Kier molecular flexibility index (Phi) is 10.4. The minimum absolute atomic E-state index is 0.109. The van der Waals surface area contributed by atoms with E-state index in [1.807, 2.05) is 47.4 Å². The van der Waals surface area contributed by atoms with Gasteiger partial charge < -0.3 is 19.5 Å². The van der Waals surface area contributed by atoms with Crippen molar-refractivity contribution >= 4 is 11.9 Å². The number of carbonyl (C=O) groups excluding carboxylic acids is 1. The van der Waals surface area contributed by atoms with E-state index in [0.29, 0.717) is 39.0 Å². The second-order valence-electron chi connectivity index (χ2n) is 10.2. The molecule has 0 radical (unpaired) electrons. The van der Waals surface area contributed by atoms with Crippen LogP contribution < -0.4 is 9.47 Å². The van der Waals surface area contributed by atoms with Crippen molar-refractivity contribution in [1.82, 2.24) is 4.90 Å². The van der Waals surface area contributed by atoms with Crippen molar-refractivity contribution in [1.29, 1.82) is 0 Å². The summed E-state index contributed by atoms with van der Waals surface area (Å²) in [7, 11) is 0. The van der Waals surface area contributed by atoms with E-state index in [1.165, 1.54) is 5.56 Å². The van der Waals surface area contributed by atoms with Crippen molar-refractivity contribution in [2.24, 2.45) is 0 Å². The number of fused-ring (bicyclic) bond motifs is 1. The number of ether oxygens (including phenoxy) is 2. The highest BCUT2D eigenvalue weighted by atomic mass is 16.5. The van der Waals surface area contributed by atoms with E-state index >= 15 is 0 Å². The molecule has 4 rings (SSSR count). The molecule has 1 atom stereocenters. The van der Waals surface area contributed by atoms with Crippen LogP contribution in [0.25, 0.3) is 0 Å². The number of unbranched alkanes of at least 4 members (excludes halogenated alkanes) is 1. The van der Waals surface area contributed by atoms with Crippen LogP contribution in [-0.2, 0) is 35.6 Å². The molecule has 1 amide bonds. The Bertz CT molecular complexity index is 1210. The van der Waals surface area contributed by atoms with Crippen molar-refractivity contribution in [2.75, 3.05) is 6.54 Å². The average molecular weight is 530 g/mol. The average Bonchev–Trinajstić information content (AvgIpc) is 2.96. The number of rotatable bonds is 14. The smallest absolute Gasteiger partial charge is 0.303 e. The third-order valence-corrected chi connectivity index (χ3v) is 7.22. The van der Waals surface area contributed by atoms with Gasteiger partial charge in [0, 0.05) is 31.0 Å². The molecule has 0 bridgehead atoms. The van der Waals surface area contributed by atoms with E-state index in [0.717, 1.165) is 53.9 Å². The summed E-state index contributed by atoms with van der Waals surface area (Å²) in [5.74, 6) is 0.855. The highest BCUT2D eigenvalue weighted by Gasteiger charge is 2.30. The molecule has 6 heteroatoms. The number of carboxylic acid groups (broad SMARTS) is 1. The first-order chi connectivity index (χ1) is 19.0. The standard InChI is InChI=1S/C33H39NO5/c1-2-21-34(31(35)15-9-10-16-32(36)37)28-18-19-29-27(22-28)17-20-30(38-23-25-11-5-3-6-12-25)33(29)39-24-26-13-7-4-8-14-26/h3-8,11-14,17,20,28H,2,9-10,15-16,18-19,21-24H2,1H3,(H,36,37)/t28-/m0/s1. The minimum Gasteiger partial charge on any atom is -0.485 e. The molecular weight excluding hydrogens is 490 g/mol. The molecule has 0 aromatic heterocycles. The zero-order chi connectivity index (χ0) is 27.5. The number of amides is 1. The number of aliphatic carboxylic acids is 1. The van der Waals surface area contributed by atoms with Crippen LogP contribution in [0.15, 0.2) is 72.8 Å². The van der Waals surface area contributed by atoms with E-state index in [-0.39, 0.29) is 18.4 Å². The second-order valence-corrected chi connectivity index (χ2v) is 10.2. The summed E-state index contributed by atoms with van der Waals surface area (Å²) in [6.07, 6.45) is 4.97. The molecule has 1 aliphatic rings. The first-order valence-corrected chi connectivity index (χ1v) is 14.0. The normalized spacial score (nSPS) is 14.3. The zero-order valence-electron chi connectivity index (χ0n) is 22.8. The molecule has 0 heterocycles.